The van der Waals surface area contributed by atoms with Crippen molar-refractivity contribution in [2.45, 2.75) is 30.2 Å². The summed E-state index contributed by atoms with van der Waals surface area (Å²) in [4.78, 5) is -0.643. The number of nitrogens with zero attached hydrogens (tertiary/aromatic N) is 3. The van der Waals surface area contributed by atoms with Gasteiger partial charge in [0.25, 0.3) is 0 Å². The van der Waals surface area contributed by atoms with Gasteiger partial charge in [0.05, 0.1) is 12.2 Å². The van der Waals surface area contributed by atoms with Gasteiger partial charge < -0.3 is 0 Å². The number of hydrogen-bond acceptors (Lipinski definition) is 3. The second-order valence-electron chi connectivity index (χ2n) is 5.67. The molecule has 0 radical (unpaired) electrons. The Kier molecular flexibility index (Phi) is 3.97. The first kappa shape index (κ1) is 16.1. The highest BCUT2D eigenvalue weighted by molar-refractivity contribution is 7.89. The summed E-state index contributed by atoms with van der Waals surface area (Å²) >= 11 is 0. The van der Waals surface area contributed by atoms with Gasteiger partial charge in [-0.25, -0.2) is 17.2 Å². The van der Waals surface area contributed by atoms with Crippen molar-refractivity contribution in [2.75, 3.05) is 7.05 Å². The molecule has 124 valence electrons. The van der Waals surface area contributed by atoms with Crippen molar-refractivity contribution in [3.05, 3.63) is 47.3 Å². The Morgan fingerprint density at radius 1 is 1.35 bits per heavy atom. The van der Waals surface area contributed by atoms with Gasteiger partial charge in [-0.3, -0.25) is 4.68 Å². The predicted octanol–water partition coefficient (Wildman–Crippen LogP) is 2.40. The SMILES string of the molecule is CN(C1CCCc2c1cnn2C)S(=O)(=O)c1cc(F)ccc1F. The van der Waals surface area contributed by atoms with Crippen LogP contribution in [0.5, 0.6) is 0 Å². The van der Waals surface area contributed by atoms with Crippen molar-refractivity contribution in [3.8, 4) is 0 Å². The molecule has 0 spiro atoms. The number of hydrogen-bond donors (Lipinski definition) is 0. The van der Waals surface area contributed by atoms with Crippen molar-refractivity contribution in [2.24, 2.45) is 7.05 Å². The zero-order valence-electron chi connectivity index (χ0n) is 12.8. The summed E-state index contributed by atoms with van der Waals surface area (Å²) in [5, 5.41) is 4.18. The number of rotatable bonds is 3. The molecule has 1 aromatic heterocycles. The Morgan fingerprint density at radius 2 is 2.09 bits per heavy atom. The topological polar surface area (TPSA) is 55.2 Å². The van der Waals surface area contributed by atoms with Crippen LogP contribution < -0.4 is 0 Å². The van der Waals surface area contributed by atoms with E-state index in [4.69, 9.17) is 0 Å². The van der Waals surface area contributed by atoms with Crippen LogP contribution >= 0.6 is 0 Å². The third kappa shape index (κ3) is 2.66. The van der Waals surface area contributed by atoms with E-state index in [1.807, 2.05) is 7.05 Å². The molecule has 8 heteroatoms. The first-order valence-electron chi connectivity index (χ1n) is 7.26. The minimum atomic E-state index is -4.14. The second kappa shape index (κ2) is 5.68. The van der Waals surface area contributed by atoms with Crippen molar-refractivity contribution in [1.29, 1.82) is 0 Å². The van der Waals surface area contributed by atoms with E-state index in [0.29, 0.717) is 12.5 Å². The summed E-state index contributed by atoms with van der Waals surface area (Å²) in [6.07, 6.45) is 3.89. The maximum Gasteiger partial charge on any atom is 0.246 e. The van der Waals surface area contributed by atoms with Crippen molar-refractivity contribution in [1.82, 2.24) is 14.1 Å². The van der Waals surface area contributed by atoms with E-state index in [2.05, 4.69) is 5.10 Å². The van der Waals surface area contributed by atoms with Crippen LogP contribution in [0.25, 0.3) is 0 Å². The maximum absolute atomic E-state index is 13.9. The van der Waals surface area contributed by atoms with E-state index < -0.39 is 32.6 Å². The molecule has 0 bridgehead atoms. The molecule has 1 heterocycles. The summed E-state index contributed by atoms with van der Waals surface area (Å²) < 4.78 is 55.5. The number of aryl methyl sites for hydroxylation is 1. The number of sulfonamides is 1. The van der Waals surface area contributed by atoms with Crippen LogP contribution in [0.3, 0.4) is 0 Å². The Labute approximate surface area is 133 Å². The summed E-state index contributed by atoms with van der Waals surface area (Å²) in [5.41, 5.74) is 1.80. The first-order chi connectivity index (χ1) is 10.8. The highest BCUT2D eigenvalue weighted by Gasteiger charge is 2.35. The quantitative estimate of drug-likeness (QED) is 0.861. The lowest BCUT2D eigenvalue weighted by atomic mass is 9.93. The fraction of sp³-hybridized carbons (Fsp3) is 0.400. The minimum Gasteiger partial charge on any atom is -0.272 e. The largest absolute Gasteiger partial charge is 0.272 e. The summed E-state index contributed by atoms with van der Waals surface area (Å²) in [6.45, 7) is 0. The summed E-state index contributed by atoms with van der Waals surface area (Å²) in [6, 6.07) is 2.01. The predicted molar refractivity (Wildman–Crippen MR) is 80.2 cm³/mol. The van der Waals surface area contributed by atoms with Crippen LogP contribution in [0.4, 0.5) is 8.78 Å². The normalized spacial score (nSPS) is 18.2. The minimum absolute atomic E-state index is 0.430. The standard InChI is InChI=1S/C15H17F2N3O2S/c1-19-13-4-3-5-14(11(13)9-18-19)20(2)23(21,22)15-8-10(16)6-7-12(15)17/h6-9,14H,3-5H2,1-2H3. The molecule has 0 fully saturated rings. The van der Waals surface area contributed by atoms with Gasteiger partial charge in [-0.2, -0.15) is 9.40 Å². The number of benzene rings is 1. The van der Waals surface area contributed by atoms with Gasteiger partial charge >= 0.3 is 0 Å². The maximum atomic E-state index is 13.9. The van der Waals surface area contributed by atoms with Crippen LogP contribution in [-0.4, -0.2) is 29.6 Å². The van der Waals surface area contributed by atoms with Crippen LogP contribution in [-0.2, 0) is 23.5 Å². The molecular formula is C15H17F2N3O2S. The first-order valence-corrected chi connectivity index (χ1v) is 8.70. The number of halogens is 2. The van der Waals surface area contributed by atoms with E-state index in [9.17, 15) is 17.2 Å². The van der Waals surface area contributed by atoms with Crippen LogP contribution in [0.15, 0.2) is 29.3 Å². The molecule has 1 aromatic carbocycles. The van der Waals surface area contributed by atoms with E-state index in [1.165, 1.54) is 7.05 Å². The molecule has 3 rings (SSSR count). The Balaban J connectivity index is 2.03. The fourth-order valence-corrected chi connectivity index (χ4v) is 4.50. The molecular weight excluding hydrogens is 324 g/mol. The van der Waals surface area contributed by atoms with E-state index in [1.54, 1.807) is 10.9 Å². The molecule has 2 aromatic rings. The Bertz CT molecular complexity index is 848. The van der Waals surface area contributed by atoms with Gasteiger partial charge in [-0.05, 0) is 37.5 Å². The zero-order valence-corrected chi connectivity index (χ0v) is 13.6. The van der Waals surface area contributed by atoms with Crippen molar-refractivity contribution >= 4 is 10.0 Å². The van der Waals surface area contributed by atoms with Gasteiger partial charge in [-0.15, -0.1) is 0 Å². The van der Waals surface area contributed by atoms with Gasteiger partial charge in [0.2, 0.25) is 10.0 Å². The highest BCUT2D eigenvalue weighted by Crippen LogP contribution is 2.36. The van der Waals surface area contributed by atoms with Gasteiger partial charge in [0.15, 0.2) is 0 Å². The average Bonchev–Trinajstić information content (AvgIpc) is 2.90. The molecule has 5 nitrogen and oxygen atoms in total. The molecule has 0 amide bonds. The van der Waals surface area contributed by atoms with Crippen LogP contribution in [0, 0.1) is 11.6 Å². The summed E-state index contributed by atoms with van der Waals surface area (Å²) in [7, 11) is -0.941. The second-order valence-corrected chi connectivity index (χ2v) is 7.64. The molecule has 1 aliphatic rings. The van der Waals surface area contributed by atoms with Crippen LogP contribution in [0.2, 0.25) is 0 Å². The lowest BCUT2D eigenvalue weighted by Crippen LogP contribution is -2.33. The zero-order chi connectivity index (χ0) is 16.8. The molecule has 0 saturated carbocycles. The van der Waals surface area contributed by atoms with Crippen molar-refractivity contribution < 1.29 is 17.2 Å². The monoisotopic (exact) mass is 341 g/mol. The molecule has 23 heavy (non-hydrogen) atoms. The van der Waals surface area contributed by atoms with Crippen LogP contribution in [0.1, 0.15) is 30.1 Å². The lowest BCUT2D eigenvalue weighted by molar-refractivity contribution is 0.333. The summed E-state index contributed by atoms with van der Waals surface area (Å²) in [5.74, 6) is -1.75. The fourth-order valence-electron chi connectivity index (χ4n) is 3.06. The van der Waals surface area contributed by atoms with Gasteiger partial charge in [0.1, 0.15) is 16.5 Å². The van der Waals surface area contributed by atoms with E-state index in [-0.39, 0.29) is 0 Å². The van der Waals surface area contributed by atoms with E-state index in [0.717, 1.165) is 40.5 Å². The number of aromatic nitrogens is 2. The molecule has 0 saturated heterocycles. The molecule has 0 aliphatic heterocycles. The average molecular weight is 341 g/mol. The van der Waals surface area contributed by atoms with Crippen molar-refractivity contribution in [3.63, 3.8) is 0 Å². The molecule has 1 unspecified atom stereocenters. The molecule has 1 atom stereocenters. The molecule has 1 aliphatic carbocycles. The lowest BCUT2D eigenvalue weighted by Gasteiger charge is -2.30. The highest BCUT2D eigenvalue weighted by atomic mass is 32.2. The third-order valence-corrected chi connectivity index (χ3v) is 6.21. The van der Waals surface area contributed by atoms with Gasteiger partial charge in [-0.1, -0.05) is 0 Å². The molecule has 0 N–H and O–H groups in total. The number of fused-ring (bicyclic) bond motifs is 1. The smallest absolute Gasteiger partial charge is 0.246 e. The van der Waals surface area contributed by atoms with E-state index >= 15 is 0 Å². The third-order valence-electron chi connectivity index (χ3n) is 4.33. The Hall–Kier alpha value is -1.80. The Morgan fingerprint density at radius 3 is 2.83 bits per heavy atom. The van der Waals surface area contributed by atoms with Gasteiger partial charge in [0, 0.05) is 25.4 Å².